The molecule has 0 saturated carbocycles. The lowest BCUT2D eigenvalue weighted by Crippen LogP contribution is -2.58. The highest BCUT2D eigenvalue weighted by molar-refractivity contribution is 5.85. The number of methoxy groups -OCH3 is 1. The van der Waals surface area contributed by atoms with E-state index < -0.39 is 41.5 Å². The van der Waals surface area contributed by atoms with Gasteiger partial charge in [-0.05, 0) is 89.9 Å². The number of rotatable bonds is 12. The maximum absolute atomic E-state index is 11.2. The highest BCUT2D eigenvalue weighted by Crippen LogP contribution is 2.57. The van der Waals surface area contributed by atoms with Crippen molar-refractivity contribution >= 4 is 5.97 Å². The first kappa shape index (κ1) is 41.0. The molecular weight excluding hydrogens is 656 g/mol. The summed E-state index contributed by atoms with van der Waals surface area (Å²) in [7, 11) is 1.73. The molecule has 4 N–H and O–H groups in total. The smallest absolute Gasteiger partial charge is 0.330 e. The van der Waals surface area contributed by atoms with Gasteiger partial charge in [-0.15, -0.1) is 0 Å². The highest BCUT2D eigenvalue weighted by Gasteiger charge is 2.65. The average molecular weight is 725 g/mol. The van der Waals surface area contributed by atoms with E-state index in [0.29, 0.717) is 31.3 Å². The Hall–Kier alpha value is -1.15. The van der Waals surface area contributed by atoms with E-state index in [9.17, 15) is 25.2 Å². The third-order valence-electron chi connectivity index (χ3n) is 13.5. The number of carboxylic acids is 1. The Morgan fingerprint density at radius 3 is 2.33 bits per heavy atom. The lowest BCUT2D eigenvalue weighted by molar-refractivity contribution is -0.352. The fourth-order valence-electron chi connectivity index (χ4n) is 10.5. The van der Waals surface area contributed by atoms with E-state index in [1.807, 2.05) is 13.8 Å². The number of aliphatic hydroxyl groups is 3. The third kappa shape index (κ3) is 8.13. The summed E-state index contributed by atoms with van der Waals surface area (Å²) in [6.45, 7) is 18.0. The first-order valence-electron chi connectivity index (χ1n) is 19.6. The minimum absolute atomic E-state index is 0.0404. The SMILES string of the molecule is CO[C@@H]1C[C@@H](CC(O)CC[C@H](C)/C=C(\C)C(=O)O)O[C@]2(O[C@](C)([C@H]3CC[C@@](C)([C@@H]4O[C@@H]([C@H]5O[C@@](O)(CO)[C@H](C)C[C@@H]5C)C[C@@H]4C)O3)C[C@H]2C)[C@@H]1C. The average Bonchev–Trinajstić information content (AvgIpc) is 3.74. The van der Waals surface area contributed by atoms with E-state index in [4.69, 9.17) is 28.4 Å². The molecular formula is C40H68O11. The second-order valence-electron chi connectivity index (χ2n) is 17.8. The van der Waals surface area contributed by atoms with Gasteiger partial charge in [0.15, 0.2) is 11.6 Å². The number of hydrogen-bond acceptors (Lipinski definition) is 10. The largest absolute Gasteiger partial charge is 0.478 e. The molecule has 294 valence electrons. The van der Waals surface area contributed by atoms with Crippen LogP contribution in [0.5, 0.6) is 0 Å². The van der Waals surface area contributed by atoms with Crippen molar-refractivity contribution in [3.63, 3.8) is 0 Å². The van der Waals surface area contributed by atoms with E-state index in [0.717, 1.165) is 32.1 Å². The molecule has 17 atom stereocenters. The van der Waals surface area contributed by atoms with Crippen LogP contribution in [-0.2, 0) is 33.2 Å². The van der Waals surface area contributed by atoms with E-state index in [-0.39, 0.29) is 72.1 Å². The number of ether oxygens (including phenoxy) is 6. The van der Waals surface area contributed by atoms with Crippen molar-refractivity contribution in [3.05, 3.63) is 11.6 Å². The second kappa shape index (κ2) is 15.5. The molecule has 5 fully saturated rings. The van der Waals surface area contributed by atoms with Gasteiger partial charge in [0.2, 0.25) is 0 Å². The summed E-state index contributed by atoms with van der Waals surface area (Å²) in [4.78, 5) is 11.2. The first-order valence-corrected chi connectivity index (χ1v) is 19.6. The Kier molecular flexibility index (Phi) is 12.5. The molecule has 1 unspecified atom stereocenters. The number of aliphatic hydroxyl groups excluding tert-OH is 2. The Labute approximate surface area is 305 Å². The Morgan fingerprint density at radius 2 is 1.69 bits per heavy atom. The van der Waals surface area contributed by atoms with Crippen molar-refractivity contribution in [2.75, 3.05) is 13.7 Å². The summed E-state index contributed by atoms with van der Waals surface area (Å²) in [5.41, 5.74) is -0.818. The van der Waals surface area contributed by atoms with E-state index in [1.54, 1.807) is 20.1 Å². The Morgan fingerprint density at radius 1 is 0.980 bits per heavy atom. The summed E-state index contributed by atoms with van der Waals surface area (Å²) in [6, 6.07) is 0. The minimum atomic E-state index is -1.56. The number of carboxylic acid groups (broad SMARTS) is 1. The van der Waals surface area contributed by atoms with Gasteiger partial charge in [-0.25, -0.2) is 4.79 Å². The summed E-state index contributed by atoms with van der Waals surface area (Å²) in [6.07, 6.45) is 6.24. The lowest BCUT2D eigenvalue weighted by Gasteiger charge is -2.50. The van der Waals surface area contributed by atoms with Crippen LogP contribution in [0.3, 0.4) is 0 Å². The molecule has 11 heteroatoms. The van der Waals surface area contributed by atoms with Gasteiger partial charge in [-0.3, -0.25) is 0 Å². The fourth-order valence-corrected chi connectivity index (χ4v) is 10.5. The highest BCUT2D eigenvalue weighted by atomic mass is 16.7. The van der Waals surface area contributed by atoms with Crippen LogP contribution in [0.2, 0.25) is 0 Å². The molecule has 0 aliphatic carbocycles. The van der Waals surface area contributed by atoms with Crippen molar-refractivity contribution in [1.82, 2.24) is 0 Å². The van der Waals surface area contributed by atoms with E-state index >= 15 is 0 Å². The summed E-state index contributed by atoms with van der Waals surface area (Å²) in [5, 5.41) is 41.2. The maximum atomic E-state index is 11.2. The van der Waals surface area contributed by atoms with E-state index in [2.05, 4.69) is 41.5 Å². The van der Waals surface area contributed by atoms with Crippen molar-refractivity contribution in [2.45, 2.75) is 186 Å². The number of carbonyl (C=O) groups is 1. The van der Waals surface area contributed by atoms with Crippen LogP contribution in [-0.4, -0.2) is 106 Å². The van der Waals surface area contributed by atoms with E-state index in [1.165, 1.54) is 0 Å². The molecule has 1 spiro atoms. The summed E-state index contributed by atoms with van der Waals surface area (Å²) < 4.78 is 40.1. The van der Waals surface area contributed by atoms with Gasteiger partial charge < -0.3 is 48.8 Å². The van der Waals surface area contributed by atoms with Crippen LogP contribution in [0.4, 0.5) is 0 Å². The maximum Gasteiger partial charge on any atom is 0.330 e. The molecule has 0 radical (unpaired) electrons. The van der Waals surface area contributed by atoms with Gasteiger partial charge in [0, 0.05) is 36.9 Å². The lowest BCUT2D eigenvalue weighted by atomic mass is 9.78. The number of aliphatic carboxylic acids is 1. The molecule has 5 heterocycles. The van der Waals surface area contributed by atoms with Crippen LogP contribution in [0.25, 0.3) is 0 Å². The van der Waals surface area contributed by atoms with Gasteiger partial charge >= 0.3 is 5.97 Å². The molecule has 0 aromatic carbocycles. The molecule has 5 saturated heterocycles. The summed E-state index contributed by atoms with van der Waals surface area (Å²) in [5.74, 6) is -3.08. The monoisotopic (exact) mass is 724 g/mol. The van der Waals surface area contributed by atoms with Crippen LogP contribution in [0, 0.1) is 35.5 Å². The Balaban J connectivity index is 1.24. The zero-order chi connectivity index (χ0) is 37.7. The van der Waals surface area contributed by atoms with Gasteiger partial charge in [-0.2, -0.15) is 0 Å². The molecule has 11 nitrogen and oxygen atoms in total. The first-order chi connectivity index (χ1) is 23.8. The standard InChI is InChI=1S/C40H68O11/c1-22(15-25(4)36(43)44)11-12-29(42)18-30-19-31(46-10)28(7)40(48-30)27(6)20-38(9,51-40)33-13-14-37(8,49-33)35-24(3)17-32(47-35)34-23(2)16-26(5)39(45,21-41)50-34/h15,22-24,26-35,41-42,45H,11-14,16-21H2,1-10H3,(H,43,44)/b25-15+/t22-,23-,24-,26+,27+,28+,29?,30+,31+,32+,33+,34-,35+,37-,38-,39-,40+/m0/s1. The van der Waals surface area contributed by atoms with Crippen molar-refractivity contribution < 1.29 is 53.6 Å². The van der Waals surface area contributed by atoms with Crippen molar-refractivity contribution in [2.24, 2.45) is 35.5 Å². The molecule has 51 heavy (non-hydrogen) atoms. The molecule has 0 aromatic rings. The van der Waals surface area contributed by atoms with Crippen molar-refractivity contribution in [1.29, 1.82) is 0 Å². The minimum Gasteiger partial charge on any atom is -0.478 e. The normalized spacial score (nSPS) is 49.0. The van der Waals surface area contributed by atoms with Crippen molar-refractivity contribution in [3.8, 4) is 0 Å². The predicted octanol–water partition coefficient (Wildman–Crippen LogP) is 5.61. The van der Waals surface area contributed by atoms with Crippen LogP contribution >= 0.6 is 0 Å². The van der Waals surface area contributed by atoms with Gasteiger partial charge in [0.1, 0.15) is 0 Å². The Bertz CT molecular complexity index is 1240. The number of allylic oxidation sites excluding steroid dienone is 1. The third-order valence-corrected chi connectivity index (χ3v) is 13.5. The van der Waals surface area contributed by atoms with Crippen LogP contribution in [0.15, 0.2) is 11.6 Å². The molecule has 0 bridgehead atoms. The van der Waals surface area contributed by atoms with Crippen LogP contribution in [0.1, 0.15) is 120 Å². The number of hydrogen-bond donors (Lipinski definition) is 4. The molecule has 5 rings (SSSR count). The summed E-state index contributed by atoms with van der Waals surface area (Å²) >= 11 is 0. The van der Waals surface area contributed by atoms with Gasteiger partial charge in [0.05, 0.1) is 60.5 Å². The molecule has 0 aromatic heterocycles. The topological polar surface area (TPSA) is 153 Å². The second-order valence-corrected chi connectivity index (χ2v) is 17.8. The zero-order valence-corrected chi connectivity index (χ0v) is 32.8. The van der Waals surface area contributed by atoms with Crippen LogP contribution < -0.4 is 0 Å². The molecule has 0 amide bonds. The van der Waals surface area contributed by atoms with Gasteiger partial charge in [-0.1, -0.05) is 47.6 Å². The molecule has 5 aliphatic rings. The zero-order valence-electron chi connectivity index (χ0n) is 32.8. The van der Waals surface area contributed by atoms with Gasteiger partial charge in [0.25, 0.3) is 0 Å². The predicted molar refractivity (Wildman–Crippen MR) is 191 cm³/mol. The quantitative estimate of drug-likeness (QED) is 0.186. The molecule has 5 aliphatic heterocycles. The fraction of sp³-hybridized carbons (Fsp3) is 0.925.